The number of para-hydroxylation sites is 2. The van der Waals surface area contributed by atoms with Crippen molar-refractivity contribution in [2.24, 2.45) is 5.92 Å². The van der Waals surface area contributed by atoms with Crippen molar-refractivity contribution in [2.45, 2.75) is 39.2 Å². The summed E-state index contributed by atoms with van der Waals surface area (Å²) in [5.74, 6) is 2.15. The van der Waals surface area contributed by atoms with E-state index in [-0.39, 0.29) is 0 Å². The Labute approximate surface area is 115 Å². The third kappa shape index (κ3) is 2.66. The highest BCUT2D eigenvalue weighted by Gasteiger charge is 2.15. The van der Waals surface area contributed by atoms with Crippen LogP contribution in [0.5, 0.6) is 0 Å². The number of hydrogen-bond acceptors (Lipinski definition) is 2. The van der Waals surface area contributed by atoms with Crippen molar-refractivity contribution in [2.75, 3.05) is 13.1 Å². The van der Waals surface area contributed by atoms with Gasteiger partial charge >= 0.3 is 0 Å². The summed E-state index contributed by atoms with van der Waals surface area (Å²) in [4.78, 5) is 4.82. The molecule has 3 rings (SSSR count). The molecule has 0 bridgehead atoms. The summed E-state index contributed by atoms with van der Waals surface area (Å²) in [6, 6.07) is 8.48. The Morgan fingerprint density at radius 2 is 2.05 bits per heavy atom. The zero-order valence-corrected chi connectivity index (χ0v) is 11.7. The second-order valence-electron chi connectivity index (χ2n) is 5.49. The van der Waals surface area contributed by atoms with Crippen LogP contribution in [0.1, 0.15) is 32.0 Å². The van der Waals surface area contributed by atoms with E-state index in [2.05, 4.69) is 41.1 Å². The van der Waals surface area contributed by atoms with Crippen LogP contribution in [-0.4, -0.2) is 22.6 Å². The lowest BCUT2D eigenvalue weighted by molar-refractivity contribution is 0.351. The van der Waals surface area contributed by atoms with E-state index in [4.69, 9.17) is 4.98 Å². The molecule has 1 N–H and O–H groups in total. The Balaban J connectivity index is 1.76. The molecule has 0 amide bonds. The van der Waals surface area contributed by atoms with Crippen LogP contribution in [0.3, 0.4) is 0 Å². The molecule has 0 aliphatic carbocycles. The summed E-state index contributed by atoms with van der Waals surface area (Å²) in [6.07, 6.45) is 5.05. The Bertz CT molecular complexity index is 538. The fourth-order valence-electron chi connectivity index (χ4n) is 3.17. The minimum Gasteiger partial charge on any atom is -0.328 e. The number of fused-ring (bicyclic) bond motifs is 1. The molecule has 0 unspecified atom stereocenters. The molecule has 0 spiro atoms. The number of benzene rings is 1. The van der Waals surface area contributed by atoms with E-state index in [0.717, 1.165) is 24.4 Å². The summed E-state index contributed by atoms with van der Waals surface area (Å²) >= 11 is 0. The maximum absolute atomic E-state index is 4.82. The maximum atomic E-state index is 4.82. The number of rotatable bonds is 4. The molecule has 19 heavy (non-hydrogen) atoms. The van der Waals surface area contributed by atoms with E-state index in [9.17, 15) is 0 Å². The molecule has 1 fully saturated rings. The van der Waals surface area contributed by atoms with Crippen molar-refractivity contribution in [1.29, 1.82) is 0 Å². The molecule has 3 heteroatoms. The molecule has 1 aliphatic heterocycles. The quantitative estimate of drug-likeness (QED) is 0.912. The van der Waals surface area contributed by atoms with Crippen molar-refractivity contribution in [3.8, 4) is 0 Å². The highest BCUT2D eigenvalue weighted by molar-refractivity contribution is 5.75. The van der Waals surface area contributed by atoms with Gasteiger partial charge in [-0.1, -0.05) is 12.1 Å². The number of nitrogens with one attached hydrogen (secondary N) is 1. The molecule has 2 heterocycles. The van der Waals surface area contributed by atoms with Crippen molar-refractivity contribution >= 4 is 11.0 Å². The van der Waals surface area contributed by atoms with E-state index >= 15 is 0 Å². The summed E-state index contributed by atoms with van der Waals surface area (Å²) in [7, 11) is 0. The monoisotopic (exact) mass is 257 g/mol. The van der Waals surface area contributed by atoms with Crippen LogP contribution >= 0.6 is 0 Å². The third-order valence-corrected chi connectivity index (χ3v) is 4.28. The molecule has 102 valence electrons. The van der Waals surface area contributed by atoms with Crippen LogP contribution in [-0.2, 0) is 13.0 Å². The topological polar surface area (TPSA) is 29.9 Å². The molecule has 3 nitrogen and oxygen atoms in total. The first-order chi connectivity index (χ1) is 9.38. The SMILES string of the molecule is CCn1c(CCC2CCNCC2)nc2ccccc21. The van der Waals surface area contributed by atoms with Crippen LogP contribution in [0.25, 0.3) is 11.0 Å². The maximum Gasteiger partial charge on any atom is 0.109 e. The van der Waals surface area contributed by atoms with E-state index in [0.29, 0.717) is 0 Å². The first-order valence-corrected chi connectivity index (χ1v) is 7.53. The summed E-state index contributed by atoms with van der Waals surface area (Å²) in [5.41, 5.74) is 2.43. The smallest absolute Gasteiger partial charge is 0.109 e. The molecule has 1 aromatic carbocycles. The van der Waals surface area contributed by atoms with Crippen LogP contribution in [0.15, 0.2) is 24.3 Å². The zero-order chi connectivity index (χ0) is 13.1. The Morgan fingerprint density at radius 3 is 2.84 bits per heavy atom. The van der Waals surface area contributed by atoms with E-state index < -0.39 is 0 Å². The van der Waals surface area contributed by atoms with Gasteiger partial charge in [0.15, 0.2) is 0 Å². The third-order valence-electron chi connectivity index (χ3n) is 4.28. The van der Waals surface area contributed by atoms with E-state index in [1.54, 1.807) is 0 Å². The standard InChI is InChI=1S/C16H23N3/c1-2-19-15-6-4-3-5-14(15)18-16(19)8-7-13-9-11-17-12-10-13/h3-6,13,17H,2,7-12H2,1H3. The molecule has 1 saturated heterocycles. The van der Waals surface area contributed by atoms with Gasteiger partial charge in [-0.3, -0.25) is 0 Å². The first kappa shape index (κ1) is 12.7. The highest BCUT2D eigenvalue weighted by Crippen LogP contribution is 2.21. The molecule has 0 saturated carbocycles. The molecule has 1 aromatic heterocycles. The fourth-order valence-corrected chi connectivity index (χ4v) is 3.17. The van der Waals surface area contributed by atoms with Gasteiger partial charge in [0, 0.05) is 13.0 Å². The van der Waals surface area contributed by atoms with Gasteiger partial charge in [-0.05, 0) is 57.3 Å². The minimum absolute atomic E-state index is 0.881. The van der Waals surface area contributed by atoms with Crippen molar-refractivity contribution in [1.82, 2.24) is 14.9 Å². The minimum atomic E-state index is 0.881. The second-order valence-corrected chi connectivity index (χ2v) is 5.49. The van der Waals surface area contributed by atoms with Crippen molar-refractivity contribution < 1.29 is 0 Å². The number of piperidine rings is 1. The number of hydrogen-bond donors (Lipinski definition) is 1. The largest absolute Gasteiger partial charge is 0.328 e. The Hall–Kier alpha value is -1.35. The number of aromatic nitrogens is 2. The van der Waals surface area contributed by atoms with Crippen LogP contribution in [0.2, 0.25) is 0 Å². The van der Waals surface area contributed by atoms with E-state index in [1.165, 1.54) is 43.7 Å². The van der Waals surface area contributed by atoms with Gasteiger partial charge in [0.2, 0.25) is 0 Å². The first-order valence-electron chi connectivity index (χ1n) is 7.53. The average molecular weight is 257 g/mol. The van der Waals surface area contributed by atoms with Crippen molar-refractivity contribution in [3.63, 3.8) is 0 Å². The van der Waals surface area contributed by atoms with Gasteiger partial charge in [-0.25, -0.2) is 4.98 Å². The summed E-state index contributed by atoms with van der Waals surface area (Å²) < 4.78 is 2.37. The van der Waals surface area contributed by atoms with Gasteiger partial charge < -0.3 is 9.88 Å². The van der Waals surface area contributed by atoms with Crippen LogP contribution in [0.4, 0.5) is 0 Å². The van der Waals surface area contributed by atoms with Crippen LogP contribution < -0.4 is 5.32 Å². The predicted molar refractivity (Wildman–Crippen MR) is 79.3 cm³/mol. The molecule has 0 atom stereocenters. The van der Waals surface area contributed by atoms with Gasteiger partial charge in [-0.15, -0.1) is 0 Å². The number of nitrogens with zero attached hydrogens (tertiary/aromatic N) is 2. The van der Waals surface area contributed by atoms with Crippen molar-refractivity contribution in [3.05, 3.63) is 30.1 Å². The molecule has 2 aromatic rings. The molecule has 0 radical (unpaired) electrons. The fraction of sp³-hybridized carbons (Fsp3) is 0.562. The predicted octanol–water partition coefficient (Wildman–Crippen LogP) is 2.99. The Morgan fingerprint density at radius 1 is 1.26 bits per heavy atom. The molecular weight excluding hydrogens is 234 g/mol. The lowest BCUT2D eigenvalue weighted by Crippen LogP contribution is -2.28. The van der Waals surface area contributed by atoms with Crippen LogP contribution in [0, 0.1) is 5.92 Å². The highest BCUT2D eigenvalue weighted by atomic mass is 15.1. The lowest BCUT2D eigenvalue weighted by Gasteiger charge is -2.22. The zero-order valence-electron chi connectivity index (χ0n) is 11.7. The summed E-state index contributed by atoms with van der Waals surface area (Å²) in [5, 5.41) is 3.44. The number of aryl methyl sites for hydroxylation is 2. The molecule has 1 aliphatic rings. The second kappa shape index (κ2) is 5.74. The van der Waals surface area contributed by atoms with Gasteiger partial charge in [0.05, 0.1) is 11.0 Å². The normalized spacial score (nSPS) is 17.1. The Kier molecular flexibility index (Phi) is 3.83. The number of imidazole rings is 1. The molecular formula is C16H23N3. The lowest BCUT2D eigenvalue weighted by atomic mass is 9.93. The van der Waals surface area contributed by atoms with Gasteiger partial charge in [0.25, 0.3) is 0 Å². The van der Waals surface area contributed by atoms with E-state index in [1.807, 2.05) is 0 Å². The van der Waals surface area contributed by atoms with Gasteiger partial charge in [0.1, 0.15) is 5.82 Å². The van der Waals surface area contributed by atoms with Gasteiger partial charge in [-0.2, -0.15) is 0 Å². The summed E-state index contributed by atoms with van der Waals surface area (Å²) in [6.45, 7) is 5.61. The average Bonchev–Trinajstić information content (AvgIpc) is 2.83.